The van der Waals surface area contributed by atoms with Gasteiger partial charge in [-0.3, -0.25) is 14.2 Å². The highest BCUT2D eigenvalue weighted by molar-refractivity contribution is 9.10. The molecule has 0 saturated carbocycles. The van der Waals surface area contributed by atoms with Crippen molar-refractivity contribution in [2.75, 3.05) is 26.1 Å². The third-order valence-electron chi connectivity index (χ3n) is 4.42. The summed E-state index contributed by atoms with van der Waals surface area (Å²) in [6, 6.07) is 12.6. The molecule has 0 aliphatic carbocycles. The lowest BCUT2D eigenvalue weighted by Crippen LogP contribution is -2.28. The molecule has 0 radical (unpaired) electrons. The van der Waals surface area contributed by atoms with Crippen molar-refractivity contribution in [3.05, 3.63) is 57.3 Å². The summed E-state index contributed by atoms with van der Waals surface area (Å²) in [5.41, 5.74) is 1.00. The Morgan fingerprint density at radius 2 is 2.03 bits per heavy atom. The number of hydrogen-bond acceptors (Lipinski definition) is 6. The number of carbonyl (C=O) groups is 1. The number of rotatable bonds is 8. The predicted octanol–water partition coefficient (Wildman–Crippen LogP) is 3.93. The predicted molar refractivity (Wildman–Crippen MR) is 123 cm³/mol. The van der Waals surface area contributed by atoms with Gasteiger partial charge in [-0.15, -0.1) is 0 Å². The molecule has 1 heterocycles. The van der Waals surface area contributed by atoms with Crippen LogP contribution in [-0.4, -0.2) is 41.5 Å². The number of hydrogen-bond donors (Lipinski definition) is 1. The molecule has 30 heavy (non-hydrogen) atoms. The zero-order chi connectivity index (χ0) is 21.7. The number of nitrogens with zero attached hydrogens (tertiary/aromatic N) is 2. The molecule has 2 aromatic carbocycles. The van der Waals surface area contributed by atoms with Crippen molar-refractivity contribution in [1.29, 1.82) is 0 Å². The van der Waals surface area contributed by atoms with Crippen molar-refractivity contribution >= 4 is 50.2 Å². The lowest BCUT2D eigenvalue weighted by Gasteiger charge is -2.17. The van der Waals surface area contributed by atoms with E-state index in [4.69, 9.17) is 9.47 Å². The zero-order valence-electron chi connectivity index (χ0n) is 16.8. The quantitative estimate of drug-likeness (QED) is 0.379. The average Bonchev–Trinajstić information content (AvgIpc) is 2.74. The first-order chi connectivity index (χ1) is 14.4. The Hall–Kier alpha value is -2.36. The number of methoxy groups -OCH3 is 2. The van der Waals surface area contributed by atoms with E-state index in [-0.39, 0.29) is 11.5 Å². The molecule has 1 atom stereocenters. The molecule has 3 aromatic rings. The molecule has 3 rings (SSSR count). The normalized spacial score (nSPS) is 12.0. The van der Waals surface area contributed by atoms with Crippen molar-refractivity contribution in [3.8, 4) is 5.75 Å². The van der Waals surface area contributed by atoms with Crippen LogP contribution in [0.1, 0.15) is 6.92 Å². The van der Waals surface area contributed by atoms with E-state index in [2.05, 4.69) is 26.2 Å². The number of para-hydroxylation sites is 2. The summed E-state index contributed by atoms with van der Waals surface area (Å²) in [5.74, 6) is 0.363. The van der Waals surface area contributed by atoms with Crippen molar-refractivity contribution in [2.24, 2.45) is 0 Å². The first-order valence-electron chi connectivity index (χ1n) is 9.24. The minimum atomic E-state index is -0.497. The Bertz CT molecular complexity index is 1120. The Morgan fingerprint density at radius 1 is 1.27 bits per heavy atom. The molecule has 0 fully saturated rings. The van der Waals surface area contributed by atoms with Crippen LogP contribution in [0.2, 0.25) is 0 Å². The van der Waals surface area contributed by atoms with E-state index in [1.165, 1.54) is 11.8 Å². The summed E-state index contributed by atoms with van der Waals surface area (Å²) >= 11 is 4.62. The second-order valence-electron chi connectivity index (χ2n) is 6.46. The van der Waals surface area contributed by atoms with Crippen LogP contribution in [0.5, 0.6) is 5.75 Å². The zero-order valence-corrected chi connectivity index (χ0v) is 19.2. The molecule has 0 spiro atoms. The van der Waals surface area contributed by atoms with Crippen LogP contribution in [0.3, 0.4) is 0 Å². The van der Waals surface area contributed by atoms with Gasteiger partial charge in [-0.2, -0.15) is 0 Å². The molecular weight excluding hydrogens is 470 g/mol. The number of aromatic nitrogens is 2. The minimum absolute atomic E-state index is 0.168. The fourth-order valence-corrected chi connectivity index (χ4v) is 4.13. The molecule has 1 amide bonds. The van der Waals surface area contributed by atoms with Gasteiger partial charge in [0.1, 0.15) is 5.75 Å². The molecule has 0 aliphatic rings. The Kier molecular flexibility index (Phi) is 7.52. The van der Waals surface area contributed by atoms with Crippen molar-refractivity contribution in [1.82, 2.24) is 9.55 Å². The molecule has 1 N–H and O–H groups in total. The third kappa shape index (κ3) is 5.03. The van der Waals surface area contributed by atoms with E-state index in [0.717, 1.165) is 4.47 Å². The highest BCUT2D eigenvalue weighted by Crippen LogP contribution is 2.27. The molecule has 7 nitrogen and oxygen atoms in total. The minimum Gasteiger partial charge on any atom is -0.495 e. The van der Waals surface area contributed by atoms with E-state index >= 15 is 0 Å². The number of thioether (sulfide) groups is 1. The average molecular weight is 492 g/mol. The lowest BCUT2D eigenvalue weighted by molar-refractivity contribution is -0.115. The van der Waals surface area contributed by atoms with Gasteiger partial charge >= 0.3 is 0 Å². The summed E-state index contributed by atoms with van der Waals surface area (Å²) in [4.78, 5) is 30.5. The van der Waals surface area contributed by atoms with E-state index in [9.17, 15) is 9.59 Å². The van der Waals surface area contributed by atoms with Gasteiger partial charge in [-0.1, -0.05) is 39.8 Å². The van der Waals surface area contributed by atoms with Crippen LogP contribution in [0.15, 0.2) is 56.9 Å². The van der Waals surface area contributed by atoms with E-state index in [0.29, 0.717) is 40.6 Å². The van der Waals surface area contributed by atoms with Crippen molar-refractivity contribution in [3.63, 3.8) is 0 Å². The molecule has 0 bridgehead atoms. The summed E-state index contributed by atoms with van der Waals surface area (Å²) in [7, 11) is 3.13. The number of ether oxygens (including phenoxy) is 2. The number of halogens is 1. The molecule has 1 unspecified atom stereocenters. The van der Waals surface area contributed by atoms with Gasteiger partial charge in [-0.25, -0.2) is 4.98 Å². The number of carbonyl (C=O) groups excluding carboxylic acids is 1. The topological polar surface area (TPSA) is 82.4 Å². The fourth-order valence-electron chi connectivity index (χ4n) is 2.84. The third-order valence-corrected chi connectivity index (χ3v) is 6.00. The summed E-state index contributed by atoms with van der Waals surface area (Å²) in [6.07, 6.45) is 0. The van der Waals surface area contributed by atoms with Crippen LogP contribution in [0.25, 0.3) is 10.9 Å². The lowest BCUT2D eigenvalue weighted by atomic mass is 10.2. The van der Waals surface area contributed by atoms with Gasteiger partial charge in [0, 0.05) is 11.6 Å². The number of anilines is 1. The second kappa shape index (κ2) is 10.1. The highest BCUT2D eigenvalue weighted by Gasteiger charge is 2.20. The van der Waals surface area contributed by atoms with Crippen LogP contribution in [-0.2, 0) is 16.1 Å². The Morgan fingerprint density at radius 3 is 2.77 bits per heavy atom. The van der Waals surface area contributed by atoms with E-state index in [1.807, 2.05) is 18.2 Å². The van der Waals surface area contributed by atoms with Gasteiger partial charge in [0.05, 0.1) is 42.1 Å². The number of fused-ring (bicyclic) bond motifs is 1. The summed E-state index contributed by atoms with van der Waals surface area (Å²) in [6.45, 7) is 2.47. The number of nitrogens with one attached hydrogen (secondary N) is 1. The van der Waals surface area contributed by atoms with Crippen LogP contribution in [0.4, 0.5) is 5.69 Å². The molecular formula is C21H22BrN3O4S. The Balaban J connectivity index is 1.90. The van der Waals surface area contributed by atoms with Gasteiger partial charge < -0.3 is 14.8 Å². The van der Waals surface area contributed by atoms with E-state index in [1.54, 1.807) is 50.0 Å². The number of amides is 1. The van der Waals surface area contributed by atoms with Crippen molar-refractivity contribution < 1.29 is 14.3 Å². The standard InChI is InChI=1S/C21H22BrN3O4S/c1-13(19(26)23-17-6-4-5-7-18(17)29-3)30-21-24-16-9-8-14(22)12-15(16)20(27)25(21)10-11-28-2/h4-9,12-13H,10-11H2,1-3H3,(H,23,26). The SMILES string of the molecule is COCCn1c(SC(C)C(=O)Nc2ccccc2OC)nc2ccc(Br)cc2c1=O. The van der Waals surface area contributed by atoms with Crippen LogP contribution in [0, 0.1) is 0 Å². The fraction of sp³-hybridized carbons (Fsp3) is 0.286. The highest BCUT2D eigenvalue weighted by atomic mass is 79.9. The molecule has 158 valence electrons. The largest absolute Gasteiger partial charge is 0.495 e. The molecule has 0 saturated heterocycles. The maximum absolute atomic E-state index is 13.0. The monoisotopic (exact) mass is 491 g/mol. The van der Waals surface area contributed by atoms with Gasteiger partial charge in [0.25, 0.3) is 5.56 Å². The Labute approximate surface area is 186 Å². The molecule has 1 aromatic heterocycles. The first-order valence-corrected chi connectivity index (χ1v) is 10.9. The van der Waals surface area contributed by atoms with E-state index < -0.39 is 5.25 Å². The maximum Gasteiger partial charge on any atom is 0.262 e. The molecule has 9 heteroatoms. The van der Waals surface area contributed by atoms with Crippen LogP contribution >= 0.6 is 27.7 Å². The van der Waals surface area contributed by atoms with Crippen LogP contribution < -0.4 is 15.6 Å². The smallest absolute Gasteiger partial charge is 0.262 e. The summed E-state index contributed by atoms with van der Waals surface area (Å²) < 4.78 is 12.8. The van der Waals surface area contributed by atoms with Gasteiger partial charge in [-0.05, 0) is 37.3 Å². The van der Waals surface area contributed by atoms with Gasteiger partial charge in [0.15, 0.2) is 5.16 Å². The summed E-state index contributed by atoms with van der Waals surface area (Å²) in [5, 5.41) is 3.35. The number of benzene rings is 2. The van der Waals surface area contributed by atoms with Gasteiger partial charge in [0.2, 0.25) is 5.91 Å². The van der Waals surface area contributed by atoms with Crippen molar-refractivity contribution in [2.45, 2.75) is 23.9 Å². The second-order valence-corrected chi connectivity index (χ2v) is 8.68. The first kappa shape index (κ1) is 22.3. The maximum atomic E-state index is 13.0. The molecule has 0 aliphatic heterocycles.